The highest BCUT2D eigenvalue weighted by atomic mass is 19.1. The van der Waals surface area contributed by atoms with E-state index in [9.17, 15) is 4.39 Å². The third-order valence-corrected chi connectivity index (χ3v) is 2.41. The smallest absolute Gasteiger partial charge is 0.123 e. The first-order chi connectivity index (χ1) is 6.66. The molecule has 76 valence electrons. The van der Waals surface area contributed by atoms with Gasteiger partial charge < -0.3 is 4.74 Å². The van der Waals surface area contributed by atoms with E-state index in [1.165, 1.54) is 6.07 Å². The van der Waals surface area contributed by atoms with Gasteiger partial charge in [-0.1, -0.05) is 13.8 Å². The maximum Gasteiger partial charge on any atom is 0.123 e. The van der Waals surface area contributed by atoms with Crippen molar-refractivity contribution in [3.05, 3.63) is 29.6 Å². The largest absolute Gasteiger partial charge is 0.490 e. The standard InChI is InChI=1S/C12H15FO/c1-8(2)11-7-9(13)3-6-12(11)14-10-4-5-10/h3,6-8,10H,4-5H2,1-2H3. The molecule has 0 N–H and O–H groups in total. The van der Waals surface area contributed by atoms with Crippen molar-refractivity contribution in [3.63, 3.8) is 0 Å². The number of halogens is 1. The fourth-order valence-corrected chi connectivity index (χ4v) is 1.44. The summed E-state index contributed by atoms with van der Waals surface area (Å²) in [5.41, 5.74) is 0.969. The van der Waals surface area contributed by atoms with Crippen molar-refractivity contribution < 1.29 is 9.13 Å². The maximum absolute atomic E-state index is 13.0. The normalized spacial score (nSPS) is 16.0. The summed E-state index contributed by atoms with van der Waals surface area (Å²) in [5, 5.41) is 0. The van der Waals surface area contributed by atoms with Crippen molar-refractivity contribution in [2.45, 2.75) is 38.7 Å². The first kappa shape index (κ1) is 9.50. The Bertz CT molecular complexity index is 329. The zero-order valence-corrected chi connectivity index (χ0v) is 8.59. The topological polar surface area (TPSA) is 9.23 Å². The maximum atomic E-state index is 13.0. The quantitative estimate of drug-likeness (QED) is 0.715. The fraction of sp³-hybridized carbons (Fsp3) is 0.500. The molecular formula is C12H15FO. The van der Waals surface area contributed by atoms with E-state index in [2.05, 4.69) is 13.8 Å². The van der Waals surface area contributed by atoms with E-state index in [-0.39, 0.29) is 5.82 Å². The number of hydrogen-bond acceptors (Lipinski definition) is 1. The van der Waals surface area contributed by atoms with E-state index in [1.54, 1.807) is 12.1 Å². The van der Waals surface area contributed by atoms with Crippen molar-refractivity contribution in [2.75, 3.05) is 0 Å². The first-order valence-corrected chi connectivity index (χ1v) is 5.13. The molecule has 1 aromatic rings. The third-order valence-electron chi connectivity index (χ3n) is 2.41. The second-order valence-corrected chi connectivity index (χ2v) is 4.15. The Morgan fingerprint density at radius 2 is 2.07 bits per heavy atom. The summed E-state index contributed by atoms with van der Waals surface area (Å²) in [6, 6.07) is 4.77. The molecular weight excluding hydrogens is 179 g/mol. The SMILES string of the molecule is CC(C)c1cc(F)ccc1OC1CC1. The lowest BCUT2D eigenvalue weighted by Crippen LogP contribution is -2.01. The van der Waals surface area contributed by atoms with Gasteiger partial charge in [0.25, 0.3) is 0 Å². The van der Waals surface area contributed by atoms with Gasteiger partial charge in [-0.05, 0) is 42.5 Å². The van der Waals surface area contributed by atoms with Crippen molar-refractivity contribution in [3.8, 4) is 5.75 Å². The summed E-state index contributed by atoms with van der Waals surface area (Å²) >= 11 is 0. The minimum Gasteiger partial charge on any atom is -0.490 e. The van der Waals surface area contributed by atoms with Crippen LogP contribution in [0.25, 0.3) is 0 Å². The summed E-state index contributed by atoms with van der Waals surface area (Å²) in [4.78, 5) is 0. The molecule has 1 nitrogen and oxygen atoms in total. The van der Waals surface area contributed by atoms with Gasteiger partial charge in [0, 0.05) is 0 Å². The van der Waals surface area contributed by atoms with Gasteiger partial charge in [0.2, 0.25) is 0 Å². The van der Waals surface area contributed by atoms with E-state index in [4.69, 9.17) is 4.74 Å². The second-order valence-electron chi connectivity index (χ2n) is 4.15. The molecule has 0 aromatic heterocycles. The average molecular weight is 194 g/mol. The predicted molar refractivity (Wildman–Crippen MR) is 54.1 cm³/mol. The van der Waals surface area contributed by atoms with Crippen LogP contribution >= 0.6 is 0 Å². The van der Waals surface area contributed by atoms with Crippen LogP contribution in [0, 0.1) is 5.82 Å². The van der Waals surface area contributed by atoms with Gasteiger partial charge >= 0.3 is 0 Å². The van der Waals surface area contributed by atoms with E-state index in [0.29, 0.717) is 12.0 Å². The van der Waals surface area contributed by atoms with Gasteiger partial charge in [-0.25, -0.2) is 4.39 Å². The van der Waals surface area contributed by atoms with Crippen LogP contribution in [0.4, 0.5) is 4.39 Å². The summed E-state index contributed by atoms with van der Waals surface area (Å²) in [6.45, 7) is 4.10. The molecule has 0 saturated heterocycles. The molecule has 1 aromatic carbocycles. The molecule has 1 fully saturated rings. The third kappa shape index (κ3) is 2.06. The minimum absolute atomic E-state index is 0.183. The molecule has 0 radical (unpaired) electrons. The highest BCUT2D eigenvalue weighted by molar-refractivity contribution is 5.36. The highest BCUT2D eigenvalue weighted by Gasteiger charge is 2.24. The Kier molecular flexibility index (Phi) is 2.44. The number of benzene rings is 1. The van der Waals surface area contributed by atoms with E-state index in [0.717, 1.165) is 24.2 Å². The molecule has 0 bridgehead atoms. The Labute approximate surface area is 83.9 Å². The Morgan fingerprint density at radius 3 is 2.64 bits per heavy atom. The summed E-state index contributed by atoms with van der Waals surface area (Å²) < 4.78 is 18.7. The fourth-order valence-electron chi connectivity index (χ4n) is 1.44. The van der Waals surface area contributed by atoms with Crippen LogP contribution in [0.5, 0.6) is 5.75 Å². The molecule has 1 saturated carbocycles. The van der Waals surface area contributed by atoms with Crippen LogP contribution in [-0.2, 0) is 0 Å². The molecule has 2 heteroatoms. The number of ether oxygens (including phenoxy) is 1. The van der Waals surface area contributed by atoms with Crippen molar-refractivity contribution in [1.82, 2.24) is 0 Å². The van der Waals surface area contributed by atoms with Crippen LogP contribution in [0.15, 0.2) is 18.2 Å². The average Bonchev–Trinajstić information content (AvgIpc) is 2.91. The van der Waals surface area contributed by atoms with E-state index in [1.807, 2.05) is 0 Å². The van der Waals surface area contributed by atoms with Crippen LogP contribution in [0.2, 0.25) is 0 Å². The molecule has 0 heterocycles. The zero-order chi connectivity index (χ0) is 10.1. The molecule has 1 aliphatic rings. The second kappa shape index (κ2) is 3.60. The van der Waals surface area contributed by atoms with Crippen molar-refractivity contribution in [2.24, 2.45) is 0 Å². The van der Waals surface area contributed by atoms with Crippen LogP contribution in [0.1, 0.15) is 38.2 Å². The zero-order valence-electron chi connectivity index (χ0n) is 8.59. The van der Waals surface area contributed by atoms with Gasteiger partial charge in [0.05, 0.1) is 6.10 Å². The molecule has 0 spiro atoms. The first-order valence-electron chi connectivity index (χ1n) is 5.13. The lowest BCUT2D eigenvalue weighted by Gasteiger charge is -2.13. The van der Waals surface area contributed by atoms with E-state index >= 15 is 0 Å². The van der Waals surface area contributed by atoms with Gasteiger partial charge in [0.1, 0.15) is 11.6 Å². The predicted octanol–water partition coefficient (Wildman–Crippen LogP) is 3.49. The molecule has 1 aliphatic carbocycles. The lowest BCUT2D eigenvalue weighted by molar-refractivity contribution is 0.298. The molecule has 14 heavy (non-hydrogen) atoms. The Balaban J connectivity index is 2.26. The molecule has 0 atom stereocenters. The number of rotatable bonds is 3. The minimum atomic E-state index is -0.183. The summed E-state index contributed by atoms with van der Waals surface area (Å²) in [7, 11) is 0. The highest BCUT2D eigenvalue weighted by Crippen LogP contribution is 2.32. The van der Waals surface area contributed by atoms with Gasteiger partial charge in [-0.2, -0.15) is 0 Å². The Morgan fingerprint density at radius 1 is 1.36 bits per heavy atom. The summed E-state index contributed by atoms with van der Waals surface area (Å²) in [5.74, 6) is 0.972. The molecule has 0 unspecified atom stereocenters. The van der Waals surface area contributed by atoms with Crippen molar-refractivity contribution >= 4 is 0 Å². The monoisotopic (exact) mass is 194 g/mol. The molecule has 2 rings (SSSR count). The van der Waals surface area contributed by atoms with E-state index < -0.39 is 0 Å². The van der Waals surface area contributed by atoms with Crippen molar-refractivity contribution in [1.29, 1.82) is 0 Å². The van der Waals surface area contributed by atoms with Crippen LogP contribution in [-0.4, -0.2) is 6.10 Å². The lowest BCUT2D eigenvalue weighted by atomic mass is 10.0. The number of hydrogen-bond donors (Lipinski definition) is 0. The summed E-state index contributed by atoms with van der Waals surface area (Å²) in [6.07, 6.45) is 2.64. The van der Waals surface area contributed by atoms with Gasteiger partial charge in [-0.15, -0.1) is 0 Å². The van der Waals surface area contributed by atoms with Crippen LogP contribution in [0.3, 0.4) is 0 Å². The van der Waals surface area contributed by atoms with Crippen LogP contribution < -0.4 is 4.74 Å². The Hall–Kier alpha value is -1.05. The van der Waals surface area contributed by atoms with Gasteiger partial charge in [0.15, 0.2) is 0 Å². The van der Waals surface area contributed by atoms with Gasteiger partial charge in [-0.3, -0.25) is 0 Å². The molecule has 0 amide bonds. The molecule has 0 aliphatic heterocycles.